The summed E-state index contributed by atoms with van der Waals surface area (Å²) in [5, 5.41) is 8.08. The fraction of sp³-hybridized carbons (Fsp3) is 0.0909. The molecule has 12 heteroatoms. The second-order valence-corrected chi connectivity index (χ2v) is 11.6. The molecule has 0 spiro atoms. The first kappa shape index (κ1) is 23.8. The summed E-state index contributed by atoms with van der Waals surface area (Å²) in [4.78, 5) is 17.0. The first-order valence-electron chi connectivity index (χ1n) is 10.0. The first-order valence-corrected chi connectivity index (χ1v) is 13.8. The van der Waals surface area contributed by atoms with Gasteiger partial charge in [-0.15, -0.1) is 0 Å². The number of hydrogen-bond donors (Lipinski definition) is 2. The molecular weight excluding hydrogens is 496 g/mol. The van der Waals surface area contributed by atoms with E-state index in [0.29, 0.717) is 15.9 Å². The third-order valence-electron chi connectivity index (χ3n) is 4.94. The van der Waals surface area contributed by atoms with Gasteiger partial charge in [0.25, 0.3) is 15.9 Å². The van der Waals surface area contributed by atoms with Crippen molar-refractivity contribution in [1.82, 2.24) is 4.98 Å². The molecule has 3 N–H and O–H groups in total. The van der Waals surface area contributed by atoms with Crippen LogP contribution >= 0.6 is 11.3 Å². The van der Waals surface area contributed by atoms with E-state index in [9.17, 15) is 21.6 Å². The van der Waals surface area contributed by atoms with Crippen molar-refractivity contribution in [3.63, 3.8) is 0 Å². The maximum atomic E-state index is 13.1. The molecule has 0 saturated carbocycles. The van der Waals surface area contributed by atoms with Gasteiger partial charge in [-0.2, -0.15) is 0 Å². The van der Waals surface area contributed by atoms with Crippen molar-refractivity contribution >= 4 is 58.3 Å². The Kier molecular flexibility index (Phi) is 6.41. The van der Waals surface area contributed by atoms with Crippen LogP contribution < -0.4 is 14.8 Å². The summed E-state index contributed by atoms with van der Waals surface area (Å²) in [5.41, 5.74) is 1.30. The zero-order chi connectivity index (χ0) is 24.5. The molecule has 0 radical (unpaired) electrons. The van der Waals surface area contributed by atoms with Gasteiger partial charge in [0.1, 0.15) is 0 Å². The molecule has 0 fully saturated rings. The van der Waals surface area contributed by atoms with Crippen molar-refractivity contribution in [3.8, 4) is 0 Å². The summed E-state index contributed by atoms with van der Waals surface area (Å²) in [6.45, 7) is 2.00. The van der Waals surface area contributed by atoms with E-state index in [1.807, 2.05) is 6.07 Å². The standard InChI is InChI=1S/C22H20N4O5S3/c1-2-26(16-6-4-3-5-7-16)34(30,31)17-10-8-15(9-11-17)21(27)25-22-24-19-13-12-18(33(23,28)29)14-20(19)32-22/h3-14H,2H2,1H3,(H2,23,28,29)(H,24,25,27). The van der Waals surface area contributed by atoms with Crippen LogP contribution in [0.4, 0.5) is 10.8 Å². The number of carbonyl (C=O) groups is 1. The quantitative estimate of drug-likeness (QED) is 0.386. The Balaban J connectivity index is 1.54. The van der Waals surface area contributed by atoms with Gasteiger partial charge < -0.3 is 0 Å². The third-order valence-corrected chi connectivity index (χ3v) is 8.71. The normalized spacial score (nSPS) is 11.9. The second-order valence-electron chi connectivity index (χ2n) is 7.18. The van der Waals surface area contributed by atoms with E-state index in [-0.39, 0.29) is 27.0 Å². The summed E-state index contributed by atoms with van der Waals surface area (Å²) in [6, 6.07) is 18.6. The molecule has 9 nitrogen and oxygen atoms in total. The van der Waals surface area contributed by atoms with Gasteiger partial charge in [-0.25, -0.2) is 27.0 Å². The smallest absolute Gasteiger partial charge is 0.264 e. The van der Waals surface area contributed by atoms with E-state index in [1.165, 1.54) is 46.8 Å². The van der Waals surface area contributed by atoms with Crippen LogP contribution in [-0.4, -0.2) is 34.3 Å². The minimum Gasteiger partial charge on any atom is -0.298 e. The number of fused-ring (bicyclic) bond motifs is 1. The molecule has 0 aliphatic rings. The van der Waals surface area contributed by atoms with Crippen LogP contribution in [-0.2, 0) is 20.0 Å². The molecule has 0 aliphatic heterocycles. The maximum absolute atomic E-state index is 13.1. The number of nitrogens with zero attached hydrogens (tertiary/aromatic N) is 2. The summed E-state index contributed by atoms with van der Waals surface area (Å²) >= 11 is 1.10. The van der Waals surface area contributed by atoms with Crippen molar-refractivity contribution in [2.45, 2.75) is 16.7 Å². The molecule has 1 amide bonds. The topological polar surface area (TPSA) is 140 Å². The highest BCUT2D eigenvalue weighted by Gasteiger charge is 2.24. The predicted octanol–water partition coefficient (Wildman–Crippen LogP) is 3.41. The number of nitrogens with two attached hydrogens (primary N) is 1. The zero-order valence-electron chi connectivity index (χ0n) is 17.9. The summed E-state index contributed by atoms with van der Waals surface area (Å²) in [5.74, 6) is -0.481. The van der Waals surface area contributed by atoms with Crippen LogP contribution in [0.1, 0.15) is 17.3 Å². The lowest BCUT2D eigenvalue weighted by atomic mass is 10.2. The lowest BCUT2D eigenvalue weighted by molar-refractivity contribution is 0.102. The fourth-order valence-electron chi connectivity index (χ4n) is 3.30. The minimum atomic E-state index is -3.85. The van der Waals surface area contributed by atoms with Crippen molar-refractivity contribution in [2.24, 2.45) is 5.14 Å². The van der Waals surface area contributed by atoms with E-state index >= 15 is 0 Å². The van der Waals surface area contributed by atoms with Crippen LogP contribution in [0.2, 0.25) is 0 Å². The molecule has 1 heterocycles. The first-order chi connectivity index (χ1) is 16.1. The van der Waals surface area contributed by atoms with Crippen molar-refractivity contribution in [2.75, 3.05) is 16.2 Å². The predicted molar refractivity (Wildman–Crippen MR) is 132 cm³/mol. The van der Waals surface area contributed by atoms with Gasteiger partial charge in [0.2, 0.25) is 10.0 Å². The average Bonchev–Trinajstić information content (AvgIpc) is 3.21. The number of para-hydroxylation sites is 1. The lowest BCUT2D eigenvalue weighted by Gasteiger charge is -2.22. The molecule has 0 aliphatic carbocycles. The van der Waals surface area contributed by atoms with Crippen molar-refractivity contribution in [3.05, 3.63) is 78.4 Å². The molecule has 34 heavy (non-hydrogen) atoms. The van der Waals surface area contributed by atoms with E-state index in [4.69, 9.17) is 5.14 Å². The molecule has 4 aromatic rings. The SMILES string of the molecule is CCN(c1ccccc1)S(=O)(=O)c1ccc(C(=O)Nc2nc3ccc(S(N)(=O)=O)cc3s2)cc1. The molecule has 0 unspecified atom stereocenters. The van der Waals surface area contributed by atoms with Crippen LogP contribution in [0, 0.1) is 0 Å². The van der Waals surface area contributed by atoms with E-state index < -0.39 is 26.0 Å². The van der Waals surface area contributed by atoms with Gasteiger partial charge in [-0.3, -0.25) is 14.4 Å². The fourth-order valence-corrected chi connectivity index (χ4v) is 6.28. The Morgan fingerprint density at radius 1 is 0.971 bits per heavy atom. The molecule has 4 rings (SSSR count). The number of thiazole rings is 1. The van der Waals surface area contributed by atoms with Gasteiger partial charge >= 0.3 is 0 Å². The number of amides is 1. The number of aromatic nitrogens is 1. The highest BCUT2D eigenvalue weighted by molar-refractivity contribution is 7.92. The van der Waals surface area contributed by atoms with Crippen molar-refractivity contribution < 1.29 is 21.6 Å². The van der Waals surface area contributed by atoms with E-state index in [0.717, 1.165) is 11.3 Å². The van der Waals surface area contributed by atoms with Gasteiger partial charge in [-0.05, 0) is 61.5 Å². The average molecular weight is 517 g/mol. The van der Waals surface area contributed by atoms with Gasteiger partial charge in [0, 0.05) is 12.1 Å². The summed E-state index contributed by atoms with van der Waals surface area (Å²) < 4.78 is 51.1. The molecule has 0 atom stereocenters. The Labute approximate surface area is 201 Å². The van der Waals surface area contributed by atoms with Crippen molar-refractivity contribution in [1.29, 1.82) is 0 Å². The number of carbonyl (C=O) groups excluding carboxylic acids is 1. The number of rotatable bonds is 7. The lowest BCUT2D eigenvalue weighted by Crippen LogP contribution is -2.30. The highest BCUT2D eigenvalue weighted by atomic mass is 32.2. The Bertz CT molecular complexity index is 1570. The van der Waals surface area contributed by atoms with Crippen LogP contribution in [0.25, 0.3) is 10.2 Å². The van der Waals surface area contributed by atoms with Gasteiger partial charge in [-0.1, -0.05) is 29.5 Å². The highest BCUT2D eigenvalue weighted by Crippen LogP contribution is 2.28. The van der Waals surface area contributed by atoms with Gasteiger partial charge in [0.15, 0.2) is 5.13 Å². The molecule has 3 aromatic carbocycles. The number of sulfonamides is 2. The maximum Gasteiger partial charge on any atom is 0.264 e. The largest absolute Gasteiger partial charge is 0.298 e. The second kappa shape index (κ2) is 9.14. The molecule has 0 saturated heterocycles. The third kappa shape index (κ3) is 4.80. The van der Waals surface area contributed by atoms with Gasteiger partial charge in [0.05, 0.1) is 25.7 Å². The number of primary sulfonamides is 1. The van der Waals surface area contributed by atoms with Crippen LogP contribution in [0.3, 0.4) is 0 Å². The number of nitrogens with one attached hydrogen (secondary N) is 1. The summed E-state index contributed by atoms with van der Waals surface area (Å²) in [7, 11) is -7.66. The van der Waals surface area contributed by atoms with E-state index in [1.54, 1.807) is 31.2 Å². The number of hydrogen-bond acceptors (Lipinski definition) is 7. The minimum absolute atomic E-state index is 0.0463. The van der Waals surface area contributed by atoms with E-state index in [2.05, 4.69) is 10.3 Å². The Morgan fingerprint density at radius 3 is 2.24 bits per heavy atom. The van der Waals surface area contributed by atoms with Crippen LogP contribution in [0.15, 0.2) is 82.6 Å². The Hall–Kier alpha value is -3.32. The monoisotopic (exact) mass is 516 g/mol. The molecule has 0 bridgehead atoms. The summed E-state index contributed by atoms with van der Waals surface area (Å²) in [6.07, 6.45) is 0. The molecular formula is C22H20N4O5S3. The Morgan fingerprint density at radius 2 is 1.62 bits per heavy atom. The molecule has 1 aromatic heterocycles. The van der Waals surface area contributed by atoms with Crippen LogP contribution in [0.5, 0.6) is 0 Å². The molecule has 176 valence electrons. The zero-order valence-corrected chi connectivity index (χ0v) is 20.3. The number of anilines is 2. The number of benzene rings is 3.